The van der Waals surface area contributed by atoms with Gasteiger partial charge in [-0.1, -0.05) is 12.1 Å². The van der Waals surface area contributed by atoms with Gasteiger partial charge in [0.25, 0.3) is 0 Å². The Morgan fingerprint density at radius 3 is 2.68 bits per heavy atom. The van der Waals surface area contributed by atoms with E-state index in [0.717, 1.165) is 5.56 Å². The first-order valence-corrected chi connectivity index (χ1v) is 8.65. The van der Waals surface area contributed by atoms with Gasteiger partial charge in [0.1, 0.15) is 24.2 Å². The molecule has 11 heteroatoms. The number of hydrogen-bond acceptors (Lipinski definition) is 6. The van der Waals surface area contributed by atoms with Crippen LogP contribution in [0.4, 0.5) is 19.0 Å². The number of hydrogen-bond donors (Lipinski definition) is 0. The Bertz CT molecular complexity index is 868. The molecule has 1 aromatic carbocycles. The summed E-state index contributed by atoms with van der Waals surface area (Å²) in [7, 11) is 0. The van der Waals surface area contributed by atoms with Crippen molar-refractivity contribution in [1.29, 1.82) is 0 Å². The van der Waals surface area contributed by atoms with E-state index in [0.29, 0.717) is 25.8 Å². The van der Waals surface area contributed by atoms with E-state index in [4.69, 9.17) is 9.47 Å². The zero-order valence-electron chi connectivity index (χ0n) is 14.5. The summed E-state index contributed by atoms with van der Waals surface area (Å²) in [5.41, 5.74) is 0.827. The third-order valence-electron chi connectivity index (χ3n) is 4.72. The highest BCUT2D eigenvalue weighted by molar-refractivity contribution is 5.28. The average molecular weight is 399 g/mol. The smallest absolute Gasteiger partial charge is 0.440 e. The molecule has 2 aliphatic heterocycles. The molecule has 1 saturated heterocycles. The van der Waals surface area contributed by atoms with Gasteiger partial charge in [-0.15, -0.1) is 13.2 Å². The lowest BCUT2D eigenvalue weighted by Crippen LogP contribution is -2.48. The third kappa shape index (κ3) is 4.03. The first-order chi connectivity index (χ1) is 13.3. The number of benzene rings is 1. The van der Waals surface area contributed by atoms with Gasteiger partial charge in [-0.2, -0.15) is 0 Å². The molecule has 0 saturated carbocycles. The fourth-order valence-corrected chi connectivity index (χ4v) is 3.50. The van der Waals surface area contributed by atoms with Crippen molar-refractivity contribution in [2.45, 2.75) is 50.5 Å². The summed E-state index contributed by atoms with van der Waals surface area (Å²) in [6, 6.07) is 5.91. The normalized spacial score (nSPS) is 24.0. The SMILES string of the molecule is O=[N+]([O-])c1cn2c(n1)O[C@H]1CCC(Cc3ccc(OC(F)(F)F)cc3)O[C@H]1C2. The Morgan fingerprint density at radius 1 is 1.25 bits per heavy atom. The predicted octanol–water partition coefficient (Wildman–Crippen LogP) is 3.24. The number of rotatable bonds is 4. The van der Waals surface area contributed by atoms with Crippen LogP contribution >= 0.6 is 0 Å². The highest BCUT2D eigenvalue weighted by Crippen LogP contribution is 2.33. The Hall–Kier alpha value is -2.82. The lowest BCUT2D eigenvalue weighted by Gasteiger charge is -2.38. The van der Waals surface area contributed by atoms with Gasteiger partial charge in [0.05, 0.1) is 12.6 Å². The fraction of sp³-hybridized carbons (Fsp3) is 0.471. The van der Waals surface area contributed by atoms with E-state index in [1.807, 2.05) is 0 Å². The summed E-state index contributed by atoms with van der Waals surface area (Å²) in [5.74, 6) is -0.540. The summed E-state index contributed by atoms with van der Waals surface area (Å²) >= 11 is 0. The van der Waals surface area contributed by atoms with Crippen LogP contribution in [0.2, 0.25) is 0 Å². The maximum Gasteiger partial charge on any atom is 0.573 e. The number of fused-ring (bicyclic) bond motifs is 2. The summed E-state index contributed by atoms with van der Waals surface area (Å²) in [6.07, 6.45) is -2.09. The second-order valence-corrected chi connectivity index (χ2v) is 6.72. The monoisotopic (exact) mass is 399 g/mol. The minimum absolute atomic E-state index is 0.126. The van der Waals surface area contributed by atoms with Crippen LogP contribution in [0, 0.1) is 10.1 Å². The van der Waals surface area contributed by atoms with E-state index in [1.54, 1.807) is 16.7 Å². The van der Waals surface area contributed by atoms with E-state index in [1.165, 1.54) is 18.3 Å². The van der Waals surface area contributed by atoms with Crippen molar-refractivity contribution < 1.29 is 32.3 Å². The van der Waals surface area contributed by atoms with E-state index >= 15 is 0 Å². The maximum absolute atomic E-state index is 12.2. The fourth-order valence-electron chi connectivity index (χ4n) is 3.50. The van der Waals surface area contributed by atoms with Gasteiger partial charge in [0, 0.05) is 4.98 Å². The zero-order chi connectivity index (χ0) is 19.9. The first kappa shape index (κ1) is 18.5. The summed E-state index contributed by atoms with van der Waals surface area (Å²) in [6.45, 7) is 0.399. The molecule has 0 spiro atoms. The van der Waals surface area contributed by atoms with Gasteiger partial charge >= 0.3 is 18.2 Å². The van der Waals surface area contributed by atoms with Crippen LogP contribution in [-0.2, 0) is 17.7 Å². The molecule has 2 aliphatic rings. The molecule has 0 amide bonds. The van der Waals surface area contributed by atoms with Crippen LogP contribution < -0.4 is 9.47 Å². The second-order valence-electron chi connectivity index (χ2n) is 6.72. The van der Waals surface area contributed by atoms with Gasteiger partial charge in [-0.05, 0) is 41.9 Å². The van der Waals surface area contributed by atoms with E-state index in [2.05, 4.69) is 9.72 Å². The number of nitro groups is 1. The Balaban J connectivity index is 1.38. The van der Waals surface area contributed by atoms with Crippen LogP contribution in [0.3, 0.4) is 0 Å². The topological polar surface area (TPSA) is 88.7 Å². The quantitative estimate of drug-likeness (QED) is 0.579. The van der Waals surface area contributed by atoms with Crippen LogP contribution in [0.5, 0.6) is 11.8 Å². The highest BCUT2D eigenvalue weighted by Gasteiger charge is 2.40. The lowest BCUT2D eigenvalue weighted by molar-refractivity contribution is -0.389. The minimum Gasteiger partial charge on any atom is -0.440 e. The molecule has 0 radical (unpaired) electrons. The van der Waals surface area contributed by atoms with E-state index in [9.17, 15) is 23.3 Å². The summed E-state index contributed by atoms with van der Waals surface area (Å²) in [5, 5.41) is 10.9. The number of aromatic nitrogens is 2. The van der Waals surface area contributed by atoms with Crippen LogP contribution in [0.15, 0.2) is 30.5 Å². The van der Waals surface area contributed by atoms with E-state index < -0.39 is 11.3 Å². The number of alkyl halides is 3. The van der Waals surface area contributed by atoms with Crippen LogP contribution in [-0.4, -0.2) is 39.1 Å². The number of imidazole rings is 1. The van der Waals surface area contributed by atoms with Crippen molar-refractivity contribution >= 4 is 5.82 Å². The van der Waals surface area contributed by atoms with Crippen molar-refractivity contribution in [3.63, 3.8) is 0 Å². The molecule has 3 atom stereocenters. The molecular formula is C17H16F3N3O5. The van der Waals surface area contributed by atoms with Crippen molar-refractivity contribution in [1.82, 2.24) is 9.55 Å². The molecular weight excluding hydrogens is 383 g/mol. The van der Waals surface area contributed by atoms with Crippen molar-refractivity contribution in [3.05, 3.63) is 46.1 Å². The molecule has 0 aliphatic carbocycles. The molecule has 1 unspecified atom stereocenters. The average Bonchev–Trinajstić information content (AvgIpc) is 3.03. The molecule has 150 valence electrons. The van der Waals surface area contributed by atoms with Gasteiger partial charge in [-0.3, -0.25) is 4.57 Å². The Kier molecular flexibility index (Phi) is 4.61. The Morgan fingerprint density at radius 2 is 2.00 bits per heavy atom. The second kappa shape index (κ2) is 6.97. The summed E-state index contributed by atoms with van der Waals surface area (Å²) < 4.78 is 53.9. The Labute approximate surface area is 157 Å². The predicted molar refractivity (Wildman–Crippen MR) is 88.0 cm³/mol. The molecule has 3 heterocycles. The largest absolute Gasteiger partial charge is 0.573 e. The number of nitrogens with zero attached hydrogens (tertiary/aromatic N) is 3. The lowest BCUT2D eigenvalue weighted by atomic mass is 9.96. The number of halogens is 3. The van der Waals surface area contributed by atoms with Crippen molar-refractivity contribution in [2.75, 3.05) is 0 Å². The molecule has 0 bridgehead atoms. The molecule has 4 rings (SSSR count). The van der Waals surface area contributed by atoms with Crippen molar-refractivity contribution in [3.8, 4) is 11.8 Å². The molecule has 8 nitrogen and oxygen atoms in total. The first-order valence-electron chi connectivity index (χ1n) is 8.65. The van der Waals surface area contributed by atoms with Crippen LogP contribution in [0.1, 0.15) is 18.4 Å². The van der Waals surface area contributed by atoms with Gasteiger partial charge in [0.2, 0.25) is 0 Å². The molecule has 28 heavy (non-hydrogen) atoms. The molecule has 2 aromatic rings. The molecule has 1 aromatic heterocycles. The van der Waals surface area contributed by atoms with Gasteiger partial charge < -0.3 is 24.3 Å². The van der Waals surface area contributed by atoms with Crippen LogP contribution in [0.25, 0.3) is 0 Å². The summed E-state index contributed by atoms with van der Waals surface area (Å²) in [4.78, 5) is 14.1. The molecule has 0 N–H and O–H groups in total. The molecule has 1 fully saturated rings. The van der Waals surface area contributed by atoms with Gasteiger partial charge in [0.15, 0.2) is 0 Å². The standard InChI is InChI=1S/C17H16F3N3O5/c18-17(19,20)28-11-3-1-10(2-4-11)7-12-5-6-13-14(26-12)8-22-9-15(23(24)25)21-16(22)27-13/h1-4,9,12-14H,5-8H2/t12?,13-,14-/m0/s1. The number of ether oxygens (including phenoxy) is 3. The third-order valence-corrected chi connectivity index (χ3v) is 4.72. The highest BCUT2D eigenvalue weighted by atomic mass is 19.4. The minimum atomic E-state index is -4.72. The van der Waals surface area contributed by atoms with Gasteiger partial charge in [-0.25, -0.2) is 0 Å². The van der Waals surface area contributed by atoms with E-state index in [-0.39, 0.29) is 35.9 Å². The zero-order valence-corrected chi connectivity index (χ0v) is 14.5. The maximum atomic E-state index is 12.2. The van der Waals surface area contributed by atoms with Crippen molar-refractivity contribution in [2.24, 2.45) is 0 Å².